The van der Waals surface area contributed by atoms with Gasteiger partial charge in [0.05, 0.1) is 7.11 Å². The van der Waals surface area contributed by atoms with Gasteiger partial charge in [0, 0.05) is 18.5 Å². The molecule has 0 aromatic heterocycles. The Morgan fingerprint density at radius 2 is 1.69 bits per heavy atom. The largest absolute Gasteiger partial charge is 0.497 e. The molecule has 4 nitrogen and oxygen atoms in total. The molecule has 0 heterocycles. The van der Waals surface area contributed by atoms with E-state index in [1.54, 1.807) is 19.2 Å². The third-order valence-electron chi connectivity index (χ3n) is 6.43. The molecule has 1 unspecified atom stereocenters. The molecule has 0 spiro atoms. The van der Waals surface area contributed by atoms with Gasteiger partial charge in [0.1, 0.15) is 17.4 Å². The van der Waals surface area contributed by atoms with Crippen LogP contribution in [0.15, 0.2) is 72.8 Å². The molecule has 4 aromatic carbocycles. The molecule has 0 saturated carbocycles. The Balaban J connectivity index is 1.73. The van der Waals surface area contributed by atoms with E-state index in [2.05, 4.69) is 19.2 Å². The smallest absolute Gasteiger partial charge is 0.303 e. The van der Waals surface area contributed by atoms with Crippen LogP contribution >= 0.6 is 0 Å². The van der Waals surface area contributed by atoms with E-state index < -0.39 is 11.8 Å². The van der Waals surface area contributed by atoms with E-state index in [9.17, 15) is 13.6 Å². The van der Waals surface area contributed by atoms with Gasteiger partial charge in [-0.25, -0.2) is 8.78 Å². The van der Waals surface area contributed by atoms with Crippen LogP contribution in [0.1, 0.15) is 49.0 Å². The standard InChI is InChI=1S/C30H29F2NO3/c1-18(21-5-4-6-27(15-21)36-3)33-19(2)23-13-22-8-9-25(31)17-29(22)28(16-23)24-11-20(7-10-30(34)35)12-26(32)14-24/h4-6,8-9,11-19,33H,7,10H2,1-3H3,(H,34,35)/t18-,19?/m1/s1. The highest BCUT2D eigenvalue weighted by Gasteiger charge is 2.16. The Hall–Kier alpha value is -3.77. The average molecular weight is 490 g/mol. The lowest BCUT2D eigenvalue weighted by atomic mass is 9.91. The summed E-state index contributed by atoms with van der Waals surface area (Å²) >= 11 is 0. The second kappa shape index (κ2) is 10.9. The predicted octanol–water partition coefficient (Wildman–Crippen LogP) is 7.22. The molecule has 4 aromatic rings. The van der Waals surface area contributed by atoms with Gasteiger partial charge in [-0.15, -0.1) is 0 Å². The fourth-order valence-electron chi connectivity index (χ4n) is 4.52. The van der Waals surface area contributed by atoms with Crippen LogP contribution in [0.5, 0.6) is 5.75 Å². The van der Waals surface area contributed by atoms with E-state index in [4.69, 9.17) is 9.84 Å². The van der Waals surface area contributed by atoms with Crippen LogP contribution in [0.25, 0.3) is 21.9 Å². The first-order valence-corrected chi connectivity index (χ1v) is 11.9. The lowest BCUT2D eigenvalue weighted by Crippen LogP contribution is -2.22. The Kier molecular flexibility index (Phi) is 7.65. The number of rotatable bonds is 9. The zero-order chi connectivity index (χ0) is 25.8. The van der Waals surface area contributed by atoms with Crippen LogP contribution in [0, 0.1) is 11.6 Å². The van der Waals surface area contributed by atoms with Crippen molar-refractivity contribution in [3.63, 3.8) is 0 Å². The molecule has 0 aliphatic rings. The summed E-state index contributed by atoms with van der Waals surface area (Å²) in [7, 11) is 1.64. The van der Waals surface area contributed by atoms with Crippen molar-refractivity contribution in [3.8, 4) is 16.9 Å². The summed E-state index contributed by atoms with van der Waals surface area (Å²) in [6, 6.07) is 20.9. The molecule has 0 aliphatic heterocycles. The number of ether oxygens (including phenoxy) is 1. The summed E-state index contributed by atoms with van der Waals surface area (Å²) < 4.78 is 34.1. The number of carbonyl (C=O) groups is 1. The minimum absolute atomic E-state index is 0.0271. The molecule has 0 amide bonds. The number of carboxylic acid groups (broad SMARTS) is 1. The number of aliphatic carboxylic acids is 1. The van der Waals surface area contributed by atoms with Crippen molar-refractivity contribution in [1.82, 2.24) is 5.32 Å². The molecule has 0 fully saturated rings. The van der Waals surface area contributed by atoms with Crippen LogP contribution in [-0.2, 0) is 11.2 Å². The van der Waals surface area contributed by atoms with Crippen molar-refractivity contribution in [2.24, 2.45) is 0 Å². The SMILES string of the molecule is COc1cccc([C@@H](C)NC(C)c2cc(-c3cc(F)cc(CCC(=O)O)c3)c3cc(F)ccc3c2)c1. The van der Waals surface area contributed by atoms with Crippen molar-refractivity contribution < 1.29 is 23.4 Å². The maximum Gasteiger partial charge on any atom is 0.303 e. The number of aryl methyl sites for hydroxylation is 1. The zero-order valence-electron chi connectivity index (χ0n) is 20.5. The summed E-state index contributed by atoms with van der Waals surface area (Å²) in [4.78, 5) is 11.0. The van der Waals surface area contributed by atoms with Crippen LogP contribution in [0.4, 0.5) is 8.78 Å². The van der Waals surface area contributed by atoms with Gasteiger partial charge >= 0.3 is 5.97 Å². The van der Waals surface area contributed by atoms with E-state index in [0.717, 1.165) is 22.3 Å². The van der Waals surface area contributed by atoms with Gasteiger partial charge in [0.2, 0.25) is 0 Å². The molecule has 0 bridgehead atoms. The summed E-state index contributed by atoms with van der Waals surface area (Å²) in [5.74, 6) is -0.994. The van der Waals surface area contributed by atoms with Crippen LogP contribution < -0.4 is 10.1 Å². The first-order valence-electron chi connectivity index (χ1n) is 11.9. The first-order chi connectivity index (χ1) is 17.2. The fourth-order valence-corrected chi connectivity index (χ4v) is 4.52. The minimum atomic E-state index is -0.944. The predicted molar refractivity (Wildman–Crippen MR) is 138 cm³/mol. The van der Waals surface area contributed by atoms with Crippen molar-refractivity contribution >= 4 is 16.7 Å². The van der Waals surface area contributed by atoms with Gasteiger partial charge in [-0.1, -0.05) is 24.3 Å². The lowest BCUT2D eigenvalue weighted by molar-refractivity contribution is -0.136. The highest BCUT2D eigenvalue weighted by Crippen LogP contribution is 2.34. The van der Waals surface area contributed by atoms with Crippen molar-refractivity contribution in [3.05, 3.63) is 101 Å². The third-order valence-corrected chi connectivity index (χ3v) is 6.43. The molecule has 0 radical (unpaired) electrons. The maximum atomic E-state index is 14.6. The number of hydrogen-bond donors (Lipinski definition) is 2. The molecular weight excluding hydrogens is 460 g/mol. The second-order valence-corrected chi connectivity index (χ2v) is 9.06. The Labute approximate surface area is 209 Å². The third kappa shape index (κ3) is 5.89. The molecule has 6 heteroatoms. The van der Waals surface area contributed by atoms with Crippen molar-refractivity contribution in [2.75, 3.05) is 7.11 Å². The van der Waals surface area contributed by atoms with Gasteiger partial charge < -0.3 is 15.2 Å². The minimum Gasteiger partial charge on any atom is -0.497 e. The van der Waals surface area contributed by atoms with Crippen molar-refractivity contribution in [1.29, 1.82) is 0 Å². The van der Waals surface area contributed by atoms with E-state index in [0.29, 0.717) is 22.1 Å². The van der Waals surface area contributed by atoms with Crippen LogP contribution in [-0.4, -0.2) is 18.2 Å². The number of carboxylic acids is 1. The Bertz CT molecular complexity index is 1400. The number of methoxy groups -OCH3 is 1. The second-order valence-electron chi connectivity index (χ2n) is 9.06. The van der Waals surface area contributed by atoms with Gasteiger partial charge in [-0.2, -0.15) is 0 Å². The van der Waals surface area contributed by atoms with Gasteiger partial charge in [-0.3, -0.25) is 4.79 Å². The maximum absolute atomic E-state index is 14.6. The number of benzene rings is 4. The molecule has 186 valence electrons. The zero-order valence-corrected chi connectivity index (χ0v) is 20.5. The topological polar surface area (TPSA) is 58.6 Å². The summed E-state index contributed by atoms with van der Waals surface area (Å²) in [6.07, 6.45) is 0.115. The van der Waals surface area contributed by atoms with Crippen LogP contribution in [0.2, 0.25) is 0 Å². The Morgan fingerprint density at radius 3 is 2.44 bits per heavy atom. The Morgan fingerprint density at radius 1 is 0.917 bits per heavy atom. The van der Waals surface area contributed by atoms with E-state index >= 15 is 0 Å². The lowest BCUT2D eigenvalue weighted by Gasteiger charge is -2.23. The number of hydrogen-bond acceptors (Lipinski definition) is 3. The molecule has 0 saturated heterocycles. The average Bonchev–Trinajstić information content (AvgIpc) is 2.86. The summed E-state index contributed by atoms with van der Waals surface area (Å²) in [5.41, 5.74) is 3.91. The molecule has 2 N–H and O–H groups in total. The van der Waals surface area contributed by atoms with E-state index in [-0.39, 0.29) is 30.7 Å². The highest BCUT2D eigenvalue weighted by molar-refractivity contribution is 5.97. The molecule has 36 heavy (non-hydrogen) atoms. The van der Waals surface area contributed by atoms with Gasteiger partial charge in [0.15, 0.2) is 0 Å². The quantitative estimate of drug-likeness (QED) is 0.261. The number of nitrogens with one attached hydrogen (secondary N) is 1. The van der Waals surface area contributed by atoms with E-state index in [1.165, 1.54) is 24.3 Å². The van der Waals surface area contributed by atoms with Gasteiger partial charge in [-0.05, 0) is 107 Å². The summed E-state index contributed by atoms with van der Waals surface area (Å²) in [5, 5.41) is 14.1. The van der Waals surface area contributed by atoms with E-state index in [1.807, 2.05) is 36.4 Å². The summed E-state index contributed by atoms with van der Waals surface area (Å²) in [6.45, 7) is 4.12. The molecule has 4 rings (SSSR count). The molecular formula is C30H29F2NO3. The number of halogens is 2. The van der Waals surface area contributed by atoms with Gasteiger partial charge in [0.25, 0.3) is 0 Å². The molecule has 2 atom stereocenters. The number of fused-ring (bicyclic) bond motifs is 1. The highest BCUT2D eigenvalue weighted by atomic mass is 19.1. The van der Waals surface area contributed by atoms with Crippen molar-refractivity contribution in [2.45, 2.75) is 38.8 Å². The first kappa shape index (κ1) is 25.3. The monoisotopic (exact) mass is 489 g/mol. The molecule has 0 aliphatic carbocycles. The fraction of sp³-hybridized carbons (Fsp3) is 0.233. The van der Waals surface area contributed by atoms with Crippen LogP contribution in [0.3, 0.4) is 0 Å². The normalized spacial score (nSPS) is 12.9.